The van der Waals surface area contributed by atoms with Crippen LogP contribution in [0, 0.1) is 6.92 Å². The highest BCUT2D eigenvalue weighted by atomic mass is 16.5. The molecule has 3 aliphatic heterocycles. The highest BCUT2D eigenvalue weighted by molar-refractivity contribution is 5.79. The summed E-state index contributed by atoms with van der Waals surface area (Å²) >= 11 is 0. The summed E-state index contributed by atoms with van der Waals surface area (Å²) in [6.07, 6.45) is 3.87. The molecule has 2 N–H and O–H groups in total. The number of aryl methyl sites for hydroxylation is 1. The Bertz CT molecular complexity index is 720. The van der Waals surface area contributed by atoms with E-state index in [0.29, 0.717) is 19.2 Å². The van der Waals surface area contributed by atoms with Crippen molar-refractivity contribution in [1.82, 2.24) is 15.5 Å². The summed E-state index contributed by atoms with van der Waals surface area (Å²) in [7, 11) is 0. The highest BCUT2D eigenvalue weighted by Gasteiger charge is 2.32. The number of morpholine rings is 1. The molecule has 0 amide bonds. The van der Waals surface area contributed by atoms with Gasteiger partial charge >= 0.3 is 0 Å². The molecule has 3 heterocycles. The number of nitrogens with zero attached hydrogens (tertiary/aromatic N) is 2. The number of benzene rings is 1. The maximum Gasteiger partial charge on any atom is 0.191 e. The SMILES string of the molecule is CCNC(=NCc1ccc(C)cc1OC1CCOC1)NCC1CN2CCCC2CO1. The molecule has 3 atom stereocenters. The molecule has 0 bridgehead atoms. The second-order valence-electron chi connectivity index (χ2n) is 8.54. The lowest BCUT2D eigenvalue weighted by Gasteiger charge is -2.35. The van der Waals surface area contributed by atoms with Gasteiger partial charge in [-0.25, -0.2) is 4.99 Å². The fraction of sp³-hybridized carbons (Fsp3) is 0.696. The normalized spacial score (nSPS) is 27.1. The zero-order valence-corrected chi connectivity index (χ0v) is 18.4. The zero-order chi connectivity index (χ0) is 20.8. The van der Waals surface area contributed by atoms with E-state index in [0.717, 1.165) is 56.5 Å². The number of hydrogen-bond acceptors (Lipinski definition) is 5. The Kier molecular flexibility index (Phi) is 7.47. The van der Waals surface area contributed by atoms with Gasteiger partial charge < -0.3 is 24.8 Å². The average Bonchev–Trinajstić information content (AvgIpc) is 3.42. The van der Waals surface area contributed by atoms with E-state index < -0.39 is 0 Å². The molecule has 0 aromatic heterocycles. The molecule has 3 saturated heterocycles. The first-order chi connectivity index (χ1) is 14.7. The molecule has 7 nitrogen and oxygen atoms in total. The van der Waals surface area contributed by atoms with E-state index in [2.05, 4.69) is 47.6 Å². The Labute approximate surface area is 180 Å². The molecule has 3 unspecified atom stereocenters. The highest BCUT2D eigenvalue weighted by Crippen LogP contribution is 2.25. The van der Waals surface area contributed by atoms with Crippen LogP contribution < -0.4 is 15.4 Å². The lowest BCUT2D eigenvalue weighted by molar-refractivity contribution is -0.0453. The first-order valence-corrected chi connectivity index (χ1v) is 11.4. The number of guanidine groups is 1. The summed E-state index contributed by atoms with van der Waals surface area (Å²) in [6.45, 7) is 10.9. The average molecular weight is 417 g/mol. The second-order valence-corrected chi connectivity index (χ2v) is 8.54. The van der Waals surface area contributed by atoms with E-state index in [-0.39, 0.29) is 12.2 Å². The van der Waals surface area contributed by atoms with E-state index in [1.165, 1.54) is 24.9 Å². The summed E-state index contributed by atoms with van der Waals surface area (Å²) in [5.41, 5.74) is 2.29. The van der Waals surface area contributed by atoms with Gasteiger partial charge in [-0.2, -0.15) is 0 Å². The van der Waals surface area contributed by atoms with E-state index in [9.17, 15) is 0 Å². The molecular weight excluding hydrogens is 380 g/mol. The van der Waals surface area contributed by atoms with Crippen LogP contribution in [0.5, 0.6) is 5.75 Å². The molecule has 0 aliphatic carbocycles. The molecule has 0 saturated carbocycles. The second kappa shape index (κ2) is 10.5. The van der Waals surface area contributed by atoms with Gasteiger partial charge in [0.1, 0.15) is 11.9 Å². The largest absolute Gasteiger partial charge is 0.488 e. The van der Waals surface area contributed by atoms with Crippen molar-refractivity contribution >= 4 is 5.96 Å². The van der Waals surface area contributed by atoms with Gasteiger partial charge in [0.2, 0.25) is 0 Å². The van der Waals surface area contributed by atoms with E-state index >= 15 is 0 Å². The monoisotopic (exact) mass is 416 g/mol. The Morgan fingerprint density at radius 2 is 2.20 bits per heavy atom. The molecule has 30 heavy (non-hydrogen) atoms. The molecule has 166 valence electrons. The Morgan fingerprint density at radius 3 is 3.03 bits per heavy atom. The van der Waals surface area contributed by atoms with Gasteiger partial charge in [0.05, 0.1) is 32.5 Å². The topological polar surface area (TPSA) is 67.4 Å². The maximum atomic E-state index is 6.21. The number of rotatable bonds is 7. The van der Waals surface area contributed by atoms with Crippen molar-refractivity contribution in [3.05, 3.63) is 29.3 Å². The van der Waals surface area contributed by atoms with Gasteiger partial charge in [0.25, 0.3) is 0 Å². The van der Waals surface area contributed by atoms with E-state index in [1.54, 1.807) is 0 Å². The molecule has 4 rings (SSSR count). The molecule has 0 spiro atoms. The van der Waals surface area contributed by atoms with Gasteiger partial charge in [-0.15, -0.1) is 0 Å². The van der Waals surface area contributed by atoms with Gasteiger partial charge in [0.15, 0.2) is 5.96 Å². The molecule has 3 aliphatic rings. The predicted molar refractivity (Wildman–Crippen MR) is 118 cm³/mol. The zero-order valence-electron chi connectivity index (χ0n) is 18.4. The van der Waals surface area contributed by atoms with E-state index in [1.807, 2.05) is 0 Å². The minimum atomic E-state index is 0.138. The number of aliphatic imine (C=N–C) groups is 1. The smallest absolute Gasteiger partial charge is 0.191 e. The Hall–Kier alpha value is -1.83. The standard InChI is InChI=1S/C23H36N4O3/c1-3-24-23(26-13-21-14-27-9-4-5-19(27)15-29-21)25-12-18-7-6-17(2)11-22(18)30-20-8-10-28-16-20/h6-7,11,19-21H,3-5,8-10,12-16H2,1-2H3,(H2,24,25,26). The van der Waals surface area contributed by atoms with Crippen LogP contribution in [0.15, 0.2) is 23.2 Å². The summed E-state index contributed by atoms with van der Waals surface area (Å²) < 4.78 is 17.7. The first-order valence-electron chi connectivity index (χ1n) is 11.4. The van der Waals surface area contributed by atoms with Crippen LogP contribution >= 0.6 is 0 Å². The Balaban J connectivity index is 1.35. The summed E-state index contributed by atoms with van der Waals surface area (Å²) in [4.78, 5) is 7.39. The van der Waals surface area contributed by atoms with Gasteiger partial charge in [-0.1, -0.05) is 12.1 Å². The van der Waals surface area contributed by atoms with Gasteiger partial charge in [-0.05, 0) is 44.9 Å². The molecule has 7 heteroatoms. The van der Waals surface area contributed by atoms with Crippen LogP contribution in [0.25, 0.3) is 0 Å². The van der Waals surface area contributed by atoms with Crippen LogP contribution in [0.3, 0.4) is 0 Å². The first kappa shape index (κ1) is 21.4. The number of fused-ring (bicyclic) bond motifs is 1. The minimum absolute atomic E-state index is 0.138. The Morgan fingerprint density at radius 1 is 1.27 bits per heavy atom. The number of ether oxygens (including phenoxy) is 3. The van der Waals surface area contributed by atoms with Crippen LogP contribution in [0.1, 0.15) is 37.3 Å². The lowest BCUT2D eigenvalue weighted by atomic mass is 10.1. The summed E-state index contributed by atoms with van der Waals surface area (Å²) in [5.74, 6) is 1.74. The fourth-order valence-corrected chi connectivity index (χ4v) is 4.41. The molecule has 1 aromatic rings. The molecule has 3 fully saturated rings. The third-order valence-corrected chi connectivity index (χ3v) is 6.11. The third-order valence-electron chi connectivity index (χ3n) is 6.11. The minimum Gasteiger partial charge on any atom is -0.488 e. The van der Waals surface area contributed by atoms with Crippen molar-refractivity contribution in [2.45, 2.75) is 57.9 Å². The van der Waals surface area contributed by atoms with Gasteiger partial charge in [-0.3, -0.25) is 4.90 Å². The van der Waals surface area contributed by atoms with Crippen molar-refractivity contribution in [2.75, 3.05) is 46.0 Å². The molecular formula is C23H36N4O3. The predicted octanol–water partition coefficient (Wildman–Crippen LogP) is 2.08. The van der Waals surface area contributed by atoms with Crippen LogP contribution in [0.4, 0.5) is 0 Å². The quantitative estimate of drug-likeness (QED) is 0.524. The molecule has 1 aromatic carbocycles. The summed E-state index contributed by atoms with van der Waals surface area (Å²) in [6, 6.07) is 6.97. The van der Waals surface area contributed by atoms with E-state index in [4.69, 9.17) is 19.2 Å². The lowest BCUT2D eigenvalue weighted by Crippen LogP contribution is -2.51. The fourth-order valence-electron chi connectivity index (χ4n) is 4.41. The van der Waals surface area contributed by atoms with Crippen molar-refractivity contribution < 1.29 is 14.2 Å². The van der Waals surface area contributed by atoms with Crippen LogP contribution in [0.2, 0.25) is 0 Å². The maximum absolute atomic E-state index is 6.21. The number of hydrogen-bond donors (Lipinski definition) is 2. The number of nitrogens with one attached hydrogen (secondary N) is 2. The van der Waals surface area contributed by atoms with Crippen molar-refractivity contribution in [2.24, 2.45) is 4.99 Å². The van der Waals surface area contributed by atoms with Crippen LogP contribution in [-0.2, 0) is 16.0 Å². The third kappa shape index (κ3) is 5.65. The van der Waals surface area contributed by atoms with Crippen LogP contribution in [-0.4, -0.2) is 75.1 Å². The van der Waals surface area contributed by atoms with Crippen molar-refractivity contribution in [3.8, 4) is 5.75 Å². The molecule has 0 radical (unpaired) electrons. The van der Waals surface area contributed by atoms with Crippen molar-refractivity contribution in [3.63, 3.8) is 0 Å². The van der Waals surface area contributed by atoms with Crippen molar-refractivity contribution in [1.29, 1.82) is 0 Å². The summed E-state index contributed by atoms with van der Waals surface area (Å²) in [5, 5.41) is 6.82. The van der Waals surface area contributed by atoms with Gasteiger partial charge in [0, 0.05) is 37.7 Å².